The Morgan fingerprint density at radius 2 is 1.80 bits per heavy atom. The molecule has 1 N–H and O–H groups in total. The lowest BCUT2D eigenvalue weighted by Crippen LogP contribution is -2.31. The number of aromatic carboxylic acids is 1. The van der Waals surface area contributed by atoms with Gasteiger partial charge in [0.1, 0.15) is 5.82 Å². The number of carbonyl (C=O) groups is 3. The number of aromatic nitrogens is 1. The molecule has 0 saturated carbocycles. The number of amides is 2. The molecule has 6 nitrogen and oxygen atoms in total. The molecule has 3 rings (SSSR count). The number of rotatable bonds is 2. The number of hydrogen-bond acceptors (Lipinski definition) is 4. The lowest BCUT2D eigenvalue weighted by molar-refractivity contribution is -0.122. The number of carbonyl (C=O) groups excluding carboxylic acids is 2. The SMILES string of the molecule is O=C(O)c1ccnc(N2C(=O)[C@H]3CC=CC[C@H]3C2=O)c1. The van der Waals surface area contributed by atoms with Gasteiger partial charge in [0.25, 0.3) is 0 Å². The van der Waals surface area contributed by atoms with Crippen LogP contribution in [0.2, 0.25) is 0 Å². The predicted octanol–water partition coefficient (Wildman–Crippen LogP) is 1.24. The van der Waals surface area contributed by atoms with Crippen LogP contribution >= 0.6 is 0 Å². The van der Waals surface area contributed by atoms with Crippen LogP contribution in [-0.4, -0.2) is 27.9 Å². The summed E-state index contributed by atoms with van der Waals surface area (Å²) in [7, 11) is 0. The van der Waals surface area contributed by atoms with Crippen LogP contribution in [0.1, 0.15) is 23.2 Å². The molecule has 6 heteroatoms. The van der Waals surface area contributed by atoms with Crippen molar-refractivity contribution in [3.63, 3.8) is 0 Å². The number of pyridine rings is 1. The first-order valence-corrected chi connectivity index (χ1v) is 6.31. The van der Waals surface area contributed by atoms with Crippen molar-refractivity contribution in [3.05, 3.63) is 36.0 Å². The van der Waals surface area contributed by atoms with Crippen LogP contribution in [0.15, 0.2) is 30.5 Å². The molecule has 20 heavy (non-hydrogen) atoms. The van der Waals surface area contributed by atoms with Crippen molar-refractivity contribution in [2.45, 2.75) is 12.8 Å². The van der Waals surface area contributed by atoms with Crippen molar-refractivity contribution in [1.29, 1.82) is 0 Å². The Hall–Kier alpha value is -2.50. The van der Waals surface area contributed by atoms with Crippen LogP contribution in [-0.2, 0) is 9.59 Å². The molecule has 1 aliphatic heterocycles. The van der Waals surface area contributed by atoms with Gasteiger partial charge in [-0.1, -0.05) is 12.2 Å². The minimum absolute atomic E-state index is 0.00333. The number of anilines is 1. The average molecular weight is 272 g/mol. The topological polar surface area (TPSA) is 87.6 Å². The van der Waals surface area contributed by atoms with E-state index in [-0.39, 0.29) is 35.0 Å². The zero-order valence-corrected chi connectivity index (χ0v) is 10.5. The highest BCUT2D eigenvalue weighted by atomic mass is 16.4. The third-order valence-electron chi connectivity index (χ3n) is 3.73. The maximum Gasteiger partial charge on any atom is 0.335 e. The highest BCUT2D eigenvalue weighted by molar-refractivity contribution is 6.21. The van der Waals surface area contributed by atoms with E-state index < -0.39 is 5.97 Å². The summed E-state index contributed by atoms with van der Waals surface area (Å²) in [5, 5.41) is 8.96. The summed E-state index contributed by atoms with van der Waals surface area (Å²) < 4.78 is 0. The van der Waals surface area contributed by atoms with Crippen LogP contribution in [0, 0.1) is 11.8 Å². The summed E-state index contributed by atoms with van der Waals surface area (Å²) in [6.07, 6.45) is 6.18. The standard InChI is InChI=1S/C14H12N2O4/c17-12-9-3-1-2-4-10(9)13(18)16(12)11-7-8(14(19)20)5-6-15-11/h1-2,5-7,9-10H,3-4H2,(H,19,20)/t9-,10+. The van der Waals surface area contributed by atoms with Gasteiger partial charge in [0, 0.05) is 6.20 Å². The van der Waals surface area contributed by atoms with Crippen LogP contribution < -0.4 is 4.90 Å². The summed E-state index contributed by atoms with van der Waals surface area (Å²) in [6, 6.07) is 2.58. The Bertz CT molecular complexity index is 612. The maximum absolute atomic E-state index is 12.3. The Kier molecular flexibility index (Phi) is 2.85. The molecule has 0 unspecified atom stereocenters. The zero-order chi connectivity index (χ0) is 14.3. The van der Waals surface area contributed by atoms with E-state index in [2.05, 4.69) is 4.98 Å². The second-order valence-corrected chi connectivity index (χ2v) is 4.88. The number of carboxylic acid groups (broad SMARTS) is 1. The molecule has 2 heterocycles. The molecule has 0 radical (unpaired) electrons. The van der Waals surface area contributed by atoms with Gasteiger partial charge in [-0.05, 0) is 25.0 Å². The van der Waals surface area contributed by atoms with Crippen LogP contribution in [0.25, 0.3) is 0 Å². The van der Waals surface area contributed by atoms with Gasteiger partial charge in [-0.3, -0.25) is 9.59 Å². The largest absolute Gasteiger partial charge is 0.478 e. The summed E-state index contributed by atoms with van der Waals surface area (Å²) in [6.45, 7) is 0. The van der Waals surface area contributed by atoms with Gasteiger partial charge in [-0.15, -0.1) is 0 Å². The highest BCUT2D eigenvalue weighted by Crippen LogP contribution is 2.37. The Morgan fingerprint density at radius 1 is 1.20 bits per heavy atom. The first kappa shape index (κ1) is 12.5. The van der Waals surface area contributed by atoms with E-state index in [0.29, 0.717) is 12.8 Å². The average Bonchev–Trinajstić information content (AvgIpc) is 2.72. The molecular formula is C14H12N2O4. The lowest BCUT2D eigenvalue weighted by Gasteiger charge is -2.14. The molecule has 1 saturated heterocycles. The molecule has 2 atom stereocenters. The fourth-order valence-electron chi connectivity index (χ4n) is 2.70. The summed E-state index contributed by atoms with van der Waals surface area (Å²) in [5.41, 5.74) is 0.00333. The van der Waals surface area contributed by atoms with E-state index in [1.807, 2.05) is 12.2 Å². The van der Waals surface area contributed by atoms with Gasteiger partial charge < -0.3 is 5.11 Å². The smallest absolute Gasteiger partial charge is 0.335 e. The van der Waals surface area contributed by atoms with Gasteiger partial charge in [0.15, 0.2) is 0 Å². The van der Waals surface area contributed by atoms with Crippen molar-refractivity contribution >= 4 is 23.6 Å². The fourth-order valence-corrected chi connectivity index (χ4v) is 2.70. The molecule has 1 fully saturated rings. The monoisotopic (exact) mass is 272 g/mol. The number of allylic oxidation sites excluding steroid dienone is 2. The molecule has 1 aliphatic carbocycles. The second kappa shape index (κ2) is 4.56. The van der Waals surface area contributed by atoms with E-state index in [1.54, 1.807) is 0 Å². The van der Waals surface area contributed by atoms with Crippen LogP contribution in [0.3, 0.4) is 0 Å². The quantitative estimate of drug-likeness (QED) is 0.646. The minimum Gasteiger partial charge on any atom is -0.478 e. The molecule has 0 aromatic carbocycles. The fraction of sp³-hybridized carbons (Fsp3) is 0.286. The molecule has 102 valence electrons. The molecule has 2 amide bonds. The molecular weight excluding hydrogens is 260 g/mol. The third kappa shape index (κ3) is 1.80. The number of fused-ring (bicyclic) bond motifs is 1. The number of imide groups is 1. The number of hydrogen-bond donors (Lipinski definition) is 1. The molecule has 0 spiro atoms. The van der Waals surface area contributed by atoms with Gasteiger partial charge in [0.2, 0.25) is 11.8 Å². The third-order valence-corrected chi connectivity index (χ3v) is 3.73. The molecule has 1 aromatic heterocycles. The minimum atomic E-state index is -1.12. The van der Waals surface area contributed by atoms with Gasteiger partial charge in [-0.2, -0.15) is 0 Å². The van der Waals surface area contributed by atoms with E-state index >= 15 is 0 Å². The zero-order valence-electron chi connectivity index (χ0n) is 10.5. The number of nitrogens with zero attached hydrogens (tertiary/aromatic N) is 2. The molecule has 0 bridgehead atoms. The predicted molar refractivity (Wildman–Crippen MR) is 69.0 cm³/mol. The normalized spacial score (nSPS) is 24.9. The summed E-state index contributed by atoms with van der Waals surface area (Å²) in [4.78, 5) is 40.6. The Morgan fingerprint density at radius 3 is 2.35 bits per heavy atom. The van der Waals surface area contributed by atoms with Gasteiger partial charge in [-0.25, -0.2) is 14.7 Å². The highest BCUT2D eigenvalue weighted by Gasteiger charge is 2.48. The lowest BCUT2D eigenvalue weighted by atomic mass is 9.85. The summed E-state index contributed by atoms with van der Waals surface area (Å²) >= 11 is 0. The van der Waals surface area contributed by atoms with Crippen LogP contribution in [0.5, 0.6) is 0 Å². The number of carboxylic acids is 1. The molecule has 1 aromatic rings. The Balaban J connectivity index is 1.98. The van der Waals surface area contributed by atoms with Gasteiger partial charge in [0.05, 0.1) is 17.4 Å². The first-order chi connectivity index (χ1) is 9.59. The molecule has 2 aliphatic rings. The van der Waals surface area contributed by atoms with Crippen molar-refractivity contribution in [1.82, 2.24) is 4.98 Å². The Labute approximate surface area is 114 Å². The van der Waals surface area contributed by atoms with Crippen molar-refractivity contribution in [2.24, 2.45) is 11.8 Å². The first-order valence-electron chi connectivity index (χ1n) is 6.31. The maximum atomic E-state index is 12.3. The van der Waals surface area contributed by atoms with Crippen molar-refractivity contribution in [3.8, 4) is 0 Å². The van der Waals surface area contributed by atoms with E-state index in [9.17, 15) is 14.4 Å². The van der Waals surface area contributed by atoms with Crippen molar-refractivity contribution < 1.29 is 19.5 Å². The summed E-state index contributed by atoms with van der Waals surface area (Å²) in [5.74, 6) is -2.30. The van der Waals surface area contributed by atoms with Crippen molar-refractivity contribution in [2.75, 3.05) is 4.90 Å². The second-order valence-electron chi connectivity index (χ2n) is 4.88. The van der Waals surface area contributed by atoms with E-state index in [4.69, 9.17) is 5.11 Å². The van der Waals surface area contributed by atoms with Gasteiger partial charge >= 0.3 is 5.97 Å². The van der Waals surface area contributed by atoms with E-state index in [1.165, 1.54) is 18.3 Å². The van der Waals surface area contributed by atoms with E-state index in [0.717, 1.165) is 4.90 Å². The van der Waals surface area contributed by atoms with Crippen LogP contribution in [0.4, 0.5) is 5.82 Å².